The number of hydrogen-bond donors (Lipinski definition) is 0. The van der Waals surface area contributed by atoms with E-state index in [1.54, 1.807) is 0 Å². The molecule has 0 radical (unpaired) electrons. The molecule has 0 unspecified atom stereocenters. The number of ether oxygens (including phenoxy) is 2. The standard InChI is InChI=1S/C17H14F3NO3/c18-17(19,20)24-14-8-6-12(7-9-14)10-21-11-15(23-16(21)22)13-4-2-1-3-5-13/h1-9,15H,10-11H2/t15-/m1/s1. The summed E-state index contributed by atoms with van der Waals surface area (Å²) in [6.45, 7) is 0.651. The van der Waals surface area contributed by atoms with E-state index in [-0.39, 0.29) is 18.4 Å². The van der Waals surface area contributed by atoms with Gasteiger partial charge in [0.05, 0.1) is 6.54 Å². The summed E-state index contributed by atoms with van der Waals surface area (Å²) < 4.78 is 45.6. The van der Waals surface area contributed by atoms with Gasteiger partial charge in [0.25, 0.3) is 0 Å². The Balaban J connectivity index is 1.63. The third-order valence-electron chi connectivity index (χ3n) is 3.59. The summed E-state index contributed by atoms with van der Waals surface area (Å²) in [6, 6.07) is 14.8. The maximum absolute atomic E-state index is 12.1. The van der Waals surface area contributed by atoms with Crippen LogP contribution in [0.15, 0.2) is 54.6 Å². The van der Waals surface area contributed by atoms with E-state index in [9.17, 15) is 18.0 Å². The monoisotopic (exact) mass is 337 g/mol. The van der Waals surface area contributed by atoms with Crippen LogP contribution < -0.4 is 4.74 Å². The summed E-state index contributed by atoms with van der Waals surface area (Å²) in [5, 5.41) is 0. The average molecular weight is 337 g/mol. The van der Waals surface area contributed by atoms with E-state index in [1.807, 2.05) is 30.3 Å². The number of nitrogens with zero attached hydrogens (tertiary/aromatic N) is 1. The molecule has 4 nitrogen and oxygen atoms in total. The molecule has 2 aromatic carbocycles. The van der Waals surface area contributed by atoms with Crippen LogP contribution in [-0.4, -0.2) is 23.9 Å². The van der Waals surface area contributed by atoms with Gasteiger partial charge in [-0.25, -0.2) is 4.79 Å². The Morgan fingerprint density at radius 3 is 2.38 bits per heavy atom. The van der Waals surface area contributed by atoms with E-state index in [4.69, 9.17) is 4.74 Å². The van der Waals surface area contributed by atoms with Crippen molar-refractivity contribution in [1.82, 2.24) is 4.90 Å². The topological polar surface area (TPSA) is 38.8 Å². The second-order valence-corrected chi connectivity index (χ2v) is 5.36. The average Bonchev–Trinajstić information content (AvgIpc) is 2.90. The fraction of sp³-hybridized carbons (Fsp3) is 0.235. The first-order valence-electron chi connectivity index (χ1n) is 7.26. The van der Waals surface area contributed by atoms with Gasteiger partial charge in [-0.3, -0.25) is 4.90 Å². The zero-order valence-corrected chi connectivity index (χ0v) is 12.5. The number of rotatable bonds is 4. The Morgan fingerprint density at radius 1 is 1.08 bits per heavy atom. The predicted octanol–water partition coefficient (Wildman–Crippen LogP) is 4.28. The first kappa shape index (κ1) is 16.2. The maximum Gasteiger partial charge on any atom is 0.573 e. The highest BCUT2D eigenvalue weighted by molar-refractivity contribution is 5.70. The molecule has 1 aliphatic heterocycles. The molecule has 1 aliphatic rings. The van der Waals surface area contributed by atoms with Crippen molar-refractivity contribution in [2.75, 3.05) is 6.54 Å². The Hall–Kier alpha value is -2.70. The number of halogens is 3. The molecule has 0 aromatic heterocycles. The molecule has 3 rings (SSSR count). The van der Waals surface area contributed by atoms with Gasteiger partial charge < -0.3 is 9.47 Å². The molecular weight excluding hydrogens is 323 g/mol. The summed E-state index contributed by atoms with van der Waals surface area (Å²) in [5.41, 5.74) is 1.59. The van der Waals surface area contributed by atoms with Crippen molar-refractivity contribution < 1.29 is 27.4 Å². The minimum absolute atomic E-state index is 0.258. The van der Waals surface area contributed by atoms with E-state index in [0.717, 1.165) is 5.56 Å². The SMILES string of the molecule is O=C1O[C@@H](c2ccccc2)CN1Cc1ccc(OC(F)(F)F)cc1. The number of amides is 1. The Bertz CT molecular complexity index is 701. The summed E-state index contributed by atoms with van der Waals surface area (Å²) in [4.78, 5) is 13.5. The molecule has 24 heavy (non-hydrogen) atoms. The van der Waals surface area contributed by atoms with Crippen molar-refractivity contribution in [3.63, 3.8) is 0 Å². The van der Waals surface area contributed by atoms with Gasteiger partial charge in [0, 0.05) is 6.54 Å². The first-order chi connectivity index (χ1) is 11.4. The second-order valence-electron chi connectivity index (χ2n) is 5.36. The zero-order valence-electron chi connectivity index (χ0n) is 12.5. The molecule has 0 spiro atoms. The molecule has 1 fully saturated rings. The minimum atomic E-state index is -4.72. The predicted molar refractivity (Wildman–Crippen MR) is 79.2 cm³/mol. The maximum atomic E-state index is 12.1. The van der Waals surface area contributed by atoms with Crippen molar-refractivity contribution in [1.29, 1.82) is 0 Å². The van der Waals surface area contributed by atoms with E-state index >= 15 is 0 Å². The van der Waals surface area contributed by atoms with Gasteiger partial charge in [0.1, 0.15) is 11.9 Å². The number of alkyl halides is 3. The molecule has 1 atom stereocenters. The van der Waals surface area contributed by atoms with Gasteiger partial charge in [-0.2, -0.15) is 0 Å². The Morgan fingerprint density at radius 2 is 1.75 bits per heavy atom. The van der Waals surface area contributed by atoms with Crippen LogP contribution in [0.2, 0.25) is 0 Å². The molecule has 0 N–H and O–H groups in total. The van der Waals surface area contributed by atoms with Crippen LogP contribution in [0.4, 0.5) is 18.0 Å². The smallest absolute Gasteiger partial charge is 0.439 e. The molecular formula is C17H14F3NO3. The summed E-state index contributed by atoms with van der Waals surface area (Å²) in [6.07, 6.45) is -5.51. The lowest BCUT2D eigenvalue weighted by molar-refractivity contribution is -0.274. The van der Waals surface area contributed by atoms with Crippen LogP contribution in [0.25, 0.3) is 0 Å². The van der Waals surface area contributed by atoms with Crippen LogP contribution in [0.1, 0.15) is 17.2 Å². The van der Waals surface area contributed by atoms with Gasteiger partial charge in [0.2, 0.25) is 0 Å². The highest BCUT2D eigenvalue weighted by Gasteiger charge is 2.33. The fourth-order valence-corrected chi connectivity index (χ4v) is 2.50. The number of hydrogen-bond acceptors (Lipinski definition) is 3. The van der Waals surface area contributed by atoms with Crippen LogP contribution in [0, 0.1) is 0 Å². The molecule has 1 heterocycles. The van der Waals surface area contributed by atoms with E-state index in [2.05, 4.69) is 4.74 Å². The Kier molecular flexibility index (Phi) is 4.33. The highest BCUT2D eigenvalue weighted by Crippen LogP contribution is 2.28. The first-order valence-corrected chi connectivity index (χ1v) is 7.26. The summed E-state index contributed by atoms with van der Waals surface area (Å²) in [7, 11) is 0. The van der Waals surface area contributed by atoms with Crippen LogP contribution >= 0.6 is 0 Å². The highest BCUT2D eigenvalue weighted by atomic mass is 19.4. The van der Waals surface area contributed by atoms with Crippen molar-refractivity contribution in [3.05, 3.63) is 65.7 Å². The van der Waals surface area contributed by atoms with Crippen LogP contribution in [0.3, 0.4) is 0 Å². The van der Waals surface area contributed by atoms with E-state index in [1.165, 1.54) is 29.2 Å². The van der Waals surface area contributed by atoms with Gasteiger partial charge in [-0.1, -0.05) is 42.5 Å². The van der Waals surface area contributed by atoms with Crippen molar-refractivity contribution >= 4 is 6.09 Å². The normalized spacial score (nSPS) is 17.7. The molecule has 126 valence electrons. The summed E-state index contributed by atoms with van der Waals surface area (Å²) >= 11 is 0. The second kappa shape index (κ2) is 6.43. The Labute approximate surface area is 136 Å². The van der Waals surface area contributed by atoms with Crippen LogP contribution in [-0.2, 0) is 11.3 Å². The van der Waals surface area contributed by atoms with E-state index < -0.39 is 12.5 Å². The lowest BCUT2D eigenvalue weighted by Gasteiger charge is -2.14. The van der Waals surface area contributed by atoms with Crippen LogP contribution in [0.5, 0.6) is 5.75 Å². The summed E-state index contributed by atoms with van der Waals surface area (Å²) in [5.74, 6) is -0.294. The molecule has 1 amide bonds. The van der Waals surface area contributed by atoms with Crippen molar-refractivity contribution in [2.45, 2.75) is 19.0 Å². The number of carbonyl (C=O) groups is 1. The lowest BCUT2D eigenvalue weighted by atomic mass is 10.1. The van der Waals surface area contributed by atoms with Gasteiger partial charge in [-0.05, 0) is 23.3 Å². The quantitative estimate of drug-likeness (QED) is 0.836. The van der Waals surface area contributed by atoms with Crippen molar-refractivity contribution in [3.8, 4) is 5.75 Å². The molecule has 0 aliphatic carbocycles. The van der Waals surface area contributed by atoms with Crippen molar-refractivity contribution in [2.24, 2.45) is 0 Å². The third-order valence-corrected chi connectivity index (χ3v) is 3.59. The number of benzene rings is 2. The van der Waals surface area contributed by atoms with Gasteiger partial charge >= 0.3 is 12.5 Å². The third kappa shape index (κ3) is 3.98. The molecule has 7 heteroatoms. The van der Waals surface area contributed by atoms with Gasteiger partial charge in [0.15, 0.2) is 0 Å². The minimum Gasteiger partial charge on any atom is -0.439 e. The fourth-order valence-electron chi connectivity index (χ4n) is 2.50. The molecule has 0 saturated carbocycles. The largest absolute Gasteiger partial charge is 0.573 e. The van der Waals surface area contributed by atoms with E-state index in [0.29, 0.717) is 12.1 Å². The molecule has 2 aromatic rings. The number of cyclic esters (lactones) is 1. The lowest BCUT2D eigenvalue weighted by Crippen LogP contribution is -2.23. The molecule has 1 saturated heterocycles. The zero-order chi connectivity index (χ0) is 17.2. The number of carbonyl (C=O) groups excluding carboxylic acids is 1. The van der Waals surface area contributed by atoms with Gasteiger partial charge in [-0.15, -0.1) is 13.2 Å². The molecule has 0 bridgehead atoms.